The fraction of sp³-hybridized carbons (Fsp3) is 1.00. The van der Waals surface area contributed by atoms with Crippen molar-refractivity contribution in [2.24, 2.45) is 5.41 Å². The molecule has 0 atom stereocenters. The highest BCUT2D eigenvalue weighted by atomic mass is 16.5. The molecule has 0 radical (unpaired) electrons. The van der Waals surface area contributed by atoms with Crippen molar-refractivity contribution in [3.63, 3.8) is 0 Å². The Labute approximate surface area is 159 Å². The number of nitrogens with one attached hydrogen (secondary N) is 2. The van der Waals surface area contributed by atoms with Gasteiger partial charge < -0.3 is 15.4 Å². The summed E-state index contributed by atoms with van der Waals surface area (Å²) in [7, 11) is 0. The van der Waals surface area contributed by atoms with Gasteiger partial charge in [-0.05, 0) is 99.1 Å². The minimum absolute atomic E-state index is 0.0495. The predicted octanol–water partition coefficient (Wildman–Crippen LogP) is 5.53. The first kappa shape index (κ1) is 24.9. The van der Waals surface area contributed by atoms with Crippen LogP contribution in [0.5, 0.6) is 0 Å². The third kappa shape index (κ3) is 17.1. The minimum Gasteiger partial charge on any atom is -0.376 e. The van der Waals surface area contributed by atoms with E-state index in [1.54, 1.807) is 0 Å². The fourth-order valence-electron chi connectivity index (χ4n) is 2.70. The van der Waals surface area contributed by atoms with Crippen molar-refractivity contribution >= 4 is 0 Å². The lowest BCUT2D eigenvalue weighted by Crippen LogP contribution is -2.42. The van der Waals surface area contributed by atoms with Crippen LogP contribution in [0.2, 0.25) is 0 Å². The molecule has 0 aliphatic carbocycles. The van der Waals surface area contributed by atoms with Crippen LogP contribution in [0, 0.1) is 5.41 Å². The predicted molar refractivity (Wildman–Crippen MR) is 112 cm³/mol. The molecule has 0 aromatic carbocycles. The van der Waals surface area contributed by atoms with Crippen LogP contribution < -0.4 is 10.6 Å². The van der Waals surface area contributed by atoms with E-state index in [0.29, 0.717) is 5.41 Å². The molecule has 0 spiro atoms. The maximum Gasteiger partial charge on any atom is 0.0627 e. The van der Waals surface area contributed by atoms with E-state index in [-0.39, 0.29) is 16.7 Å². The summed E-state index contributed by atoms with van der Waals surface area (Å²) in [6, 6.07) is 0. The average Bonchev–Trinajstić information content (AvgIpc) is 2.39. The van der Waals surface area contributed by atoms with Crippen molar-refractivity contribution in [3.8, 4) is 0 Å². The quantitative estimate of drug-likeness (QED) is 0.451. The lowest BCUT2D eigenvalue weighted by atomic mass is 9.89. The first-order valence-corrected chi connectivity index (χ1v) is 10.3. The summed E-state index contributed by atoms with van der Waals surface area (Å²) < 4.78 is 6.14. The van der Waals surface area contributed by atoms with Crippen molar-refractivity contribution in [2.75, 3.05) is 19.7 Å². The standard InChI is InChI=1S/C22H48N2O/c1-19(2,3)13-11-16-24-21(7,8)14-15-22(9,10)25-18-12-17-23-20(4,5)6/h23-24H,11-18H2,1-10H3. The van der Waals surface area contributed by atoms with Gasteiger partial charge in [0.15, 0.2) is 0 Å². The van der Waals surface area contributed by atoms with Gasteiger partial charge in [-0.3, -0.25) is 0 Å². The van der Waals surface area contributed by atoms with Crippen LogP contribution in [0.3, 0.4) is 0 Å². The van der Waals surface area contributed by atoms with E-state index in [2.05, 4.69) is 79.9 Å². The van der Waals surface area contributed by atoms with Gasteiger partial charge in [-0.1, -0.05) is 20.8 Å². The number of hydrogen-bond donors (Lipinski definition) is 2. The molecule has 0 bridgehead atoms. The molecule has 0 rings (SSSR count). The molecule has 152 valence electrons. The van der Waals surface area contributed by atoms with Crippen LogP contribution in [0.25, 0.3) is 0 Å². The summed E-state index contributed by atoms with van der Waals surface area (Å²) >= 11 is 0. The fourth-order valence-corrected chi connectivity index (χ4v) is 2.70. The molecule has 0 aliphatic rings. The van der Waals surface area contributed by atoms with Gasteiger partial charge in [0, 0.05) is 17.7 Å². The molecule has 0 aromatic heterocycles. The van der Waals surface area contributed by atoms with Gasteiger partial charge in [-0.15, -0.1) is 0 Å². The van der Waals surface area contributed by atoms with E-state index in [0.717, 1.165) is 39.0 Å². The highest BCUT2D eigenvalue weighted by Gasteiger charge is 2.24. The molecule has 0 saturated carbocycles. The lowest BCUT2D eigenvalue weighted by Gasteiger charge is -2.33. The summed E-state index contributed by atoms with van der Waals surface area (Å²) in [6.07, 6.45) is 5.80. The highest BCUT2D eigenvalue weighted by molar-refractivity contribution is 4.82. The van der Waals surface area contributed by atoms with E-state index in [9.17, 15) is 0 Å². The Balaban J connectivity index is 3.96. The smallest absolute Gasteiger partial charge is 0.0627 e. The van der Waals surface area contributed by atoms with Crippen molar-refractivity contribution < 1.29 is 4.74 Å². The Morgan fingerprint density at radius 3 is 1.72 bits per heavy atom. The third-order valence-corrected chi connectivity index (χ3v) is 4.53. The molecule has 25 heavy (non-hydrogen) atoms. The zero-order valence-electron chi connectivity index (χ0n) is 19.1. The summed E-state index contributed by atoms with van der Waals surface area (Å²) in [4.78, 5) is 0. The first-order valence-electron chi connectivity index (χ1n) is 10.3. The third-order valence-electron chi connectivity index (χ3n) is 4.53. The van der Waals surface area contributed by atoms with Crippen molar-refractivity contribution in [2.45, 2.75) is 118 Å². The highest BCUT2D eigenvalue weighted by Crippen LogP contribution is 2.23. The largest absolute Gasteiger partial charge is 0.376 e. The normalized spacial score (nSPS) is 14.2. The molecule has 0 aromatic rings. The van der Waals surface area contributed by atoms with Crippen LogP contribution in [0.1, 0.15) is 101 Å². The lowest BCUT2D eigenvalue weighted by molar-refractivity contribution is -0.0295. The Hall–Kier alpha value is -0.120. The molecule has 3 nitrogen and oxygen atoms in total. The second-order valence-corrected chi connectivity index (χ2v) is 11.1. The van der Waals surface area contributed by atoms with Crippen LogP contribution in [0.15, 0.2) is 0 Å². The Morgan fingerprint density at radius 2 is 1.20 bits per heavy atom. The second kappa shape index (κ2) is 10.3. The van der Waals surface area contributed by atoms with Crippen LogP contribution in [-0.4, -0.2) is 36.4 Å². The van der Waals surface area contributed by atoms with Gasteiger partial charge in [-0.25, -0.2) is 0 Å². The van der Waals surface area contributed by atoms with E-state index in [1.165, 1.54) is 12.8 Å². The van der Waals surface area contributed by atoms with Crippen molar-refractivity contribution in [1.82, 2.24) is 10.6 Å². The van der Waals surface area contributed by atoms with Gasteiger partial charge >= 0.3 is 0 Å². The van der Waals surface area contributed by atoms with Gasteiger partial charge in [0.1, 0.15) is 0 Å². The summed E-state index contributed by atoms with van der Waals surface area (Å²) in [5.74, 6) is 0. The topological polar surface area (TPSA) is 33.3 Å². The second-order valence-electron chi connectivity index (χ2n) is 11.1. The number of rotatable bonds is 12. The van der Waals surface area contributed by atoms with E-state index in [4.69, 9.17) is 4.74 Å². The van der Waals surface area contributed by atoms with Gasteiger partial charge in [-0.2, -0.15) is 0 Å². The summed E-state index contributed by atoms with van der Waals surface area (Å²) in [6.45, 7) is 25.6. The molecule has 0 unspecified atom stereocenters. The summed E-state index contributed by atoms with van der Waals surface area (Å²) in [5.41, 5.74) is 0.750. The molecule has 0 amide bonds. The molecular weight excluding hydrogens is 308 g/mol. The van der Waals surface area contributed by atoms with Gasteiger partial charge in [0.25, 0.3) is 0 Å². The SMILES string of the molecule is CC(C)(C)CCCNC(C)(C)CCC(C)(C)OCCCNC(C)(C)C. The molecule has 0 saturated heterocycles. The van der Waals surface area contributed by atoms with Gasteiger partial charge in [0.2, 0.25) is 0 Å². The number of hydrogen-bond acceptors (Lipinski definition) is 3. The monoisotopic (exact) mass is 356 g/mol. The maximum absolute atomic E-state index is 6.14. The maximum atomic E-state index is 6.14. The zero-order chi connectivity index (χ0) is 19.8. The van der Waals surface area contributed by atoms with E-state index >= 15 is 0 Å². The van der Waals surface area contributed by atoms with Crippen molar-refractivity contribution in [3.05, 3.63) is 0 Å². The summed E-state index contributed by atoms with van der Waals surface area (Å²) in [5, 5.41) is 7.25. The molecule has 3 heteroatoms. The minimum atomic E-state index is -0.0495. The Bertz CT molecular complexity index is 348. The molecule has 0 heterocycles. The van der Waals surface area contributed by atoms with Gasteiger partial charge in [0.05, 0.1) is 5.60 Å². The molecular formula is C22H48N2O. The molecule has 2 N–H and O–H groups in total. The number of ether oxygens (including phenoxy) is 1. The van der Waals surface area contributed by atoms with Crippen molar-refractivity contribution in [1.29, 1.82) is 0 Å². The first-order chi connectivity index (χ1) is 11.1. The zero-order valence-corrected chi connectivity index (χ0v) is 19.1. The van der Waals surface area contributed by atoms with E-state index in [1.807, 2.05) is 0 Å². The van der Waals surface area contributed by atoms with Crippen LogP contribution in [-0.2, 0) is 4.74 Å². The average molecular weight is 357 g/mol. The Kier molecular flexibility index (Phi) is 10.2. The molecule has 0 aliphatic heterocycles. The van der Waals surface area contributed by atoms with E-state index < -0.39 is 0 Å². The Morgan fingerprint density at radius 1 is 0.640 bits per heavy atom. The van der Waals surface area contributed by atoms with Crippen LogP contribution >= 0.6 is 0 Å². The molecule has 0 fully saturated rings. The van der Waals surface area contributed by atoms with Crippen LogP contribution in [0.4, 0.5) is 0 Å².